The molecule has 3 aromatic rings. The van der Waals surface area contributed by atoms with Crippen LogP contribution in [0.1, 0.15) is 37.2 Å². The van der Waals surface area contributed by atoms with Crippen molar-refractivity contribution in [3.8, 4) is 0 Å². The fraction of sp³-hybridized carbons (Fsp3) is 0.350. The summed E-state index contributed by atoms with van der Waals surface area (Å²) in [6.45, 7) is 5.44. The van der Waals surface area contributed by atoms with Crippen molar-refractivity contribution in [2.75, 3.05) is 13.1 Å². The first-order valence-electron chi connectivity index (χ1n) is 8.66. The first-order chi connectivity index (χ1) is 11.7. The molecule has 24 heavy (non-hydrogen) atoms. The van der Waals surface area contributed by atoms with Crippen molar-refractivity contribution in [1.29, 1.82) is 0 Å². The Morgan fingerprint density at radius 3 is 2.58 bits per heavy atom. The molecule has 0 bridgehead atoms. The van der Waals surface area contributed by atoms with Gasteiger partial charge in [-0.2, -0.15) is 0 Å². The third-order valence-corrected chi connectivity index (χ3v) is 5.22. The molecule has 4 heteroatoms. The average molecular weight is 340 g/mol. The van der Waals surface area contributed by atoms with Crippen molar-refractivity contribution in [1.82, 2.24) is 14.5 Å². The molecule has 0 aliphatic carbocycles. The van der Waals surface area contributed by atoms with Crippen LogP contribution in [-0.4, -0.2) is 27.5 Å². The van der Waals surface area contributed by atoms with Gasteiger partial charge in [0.05, 0.1) is 17.1 Å². The van der Waals surface area contributed by atoms with Gasteiger partial charge in [-0.3, -0.25) is 4.90 Å². The zero-order chi connectivity index (χ0) is 16.5. The summed E-state index contributed by atoms with van der Waals surface area (Å²) >= 11 is 6.19. The Kier molecular flexibility index (Phi) is 4.30. The van der Waals surface area contributed by atoms with Crippen LogP contribution in [0.25, 0.3) is 11.0 Å². The summed E-state index contributed by atoms with van der Waals surface area (Å²) in [6.07, 6.45) is 2.57. The lowest BCUT2D eigenvalue weighted by Gasteiger charge is -2.24. The quantitative estimate of drug-likeness (QED) is 0.674. The lowest BCUT2D eigenvalue weighted by Crippen LogP contribution is -2.26. The minimum Gasteiger partial charge on any atom is -0.322 e. The van der Waals surface area contributed by atoms with E-state index in [1.807, 2.05) is 12.1 Å². The van der Waals surface area contributed by atoms with Gasteiger partial charge >= 0.3 is 0 Å². The molecule has 1 aliphatic heterocycles. The van der Waals surface area contributed by atoms with E-state index in [9.17, 15) is 0 Å². The summed E-state index contributed by atoms with van der Waals surface area (Å²) in [4.78, 5) is 7.48. The Balaban J connectivity index is 1.80. The fourth-order valence-corrected chi connectivity index (χ4v) is 3.83. The maximum Gasteiger partial charge on any atom is 0.127 e. The van der Waals surface area contributed by atoms with E-state index >= 15 is 0 Å². The molecule has 0 amide bonds. The number of benzene rings is 2. The number of hydrogen-bond acceptors (Lipinski definition) is 2. The lowest BCUT2D eigenvalue weighted by molar-refractivity contribution is 0.249. The number of halogens is 1. The van der Waals surface area contributed by atoms with E-state index in [0.717, 1.165) is 41.5 Å². The van der Waals surface area contributed by atoms with Gasteiger partial charge in [-0.15, -0.1) is 0 Å². The molecule has 1 saturated heterocycles. The highest BCUT2D eigenvalue weighted by molar-refractivity contribution is 6.31. The Morgan fingerprint density at radius 2 is 1.83 bits per heavy atom. The number of nitrogens with zero attached hydrogens (tertiary/aromatic N) is 3. The average Bonchev–Trinajstić information content (AvgIpc) is 3.23. The summed E-state index contributed by atoms with van der Waals surface area (Å²) in [5.74, 6) is 1.14. The van der Waals surface area contributed by atoms with Gasteiger partial charge in [0, 0.05) is 11.6 Å². The molecule has 124 valence electrons. The molecule has 3 nitrogen and oxygen atoms in total. The van der Waals surface area contributed by atoms with Gasteiger partial charge in [-0.25, -0.2) is 4.98 Å². The van der Waals surface area contributed by atoms with E-state index in [1.165, 1.54) is 18.4 Å². The molecule has 4 rings (SSSR count). The van der Waals surface area contributed by atoms with E-state index in [0.29, 0.717) is 6.04 Å². The van der Waals surface area contributed by atoms with Crippen molar-refractivity contribution >= 4 is 22.6 Å². The molecule has 1 aromatic heterocycles. The van der Waals surface area contributed by atoms with Gasteiger partial charge in [0.15, 0.2) is 0 Å². The number of hydrogen-bond donors (Lipinski definition) is 0. The minimum atomic E-state index is 0.322. The Labute approximate surface area is 147 Å². The predicted octanol–water partition coefficient (Wildman–Crippen LogP) is 4.89. The van der Waals surface area contributed by atoms with Crippen LogP contribution in [0.15, 0.2) is 48.5 Å². The molecule has 1 aliphatic rings. The third kappa shape index (κ3) is 2.94. The zero-order valence-electron chi connectivity index (χ0n) is 14.0. The second-order valence-electron chi connectivity index (χ2n) is 6.59. The van der Waals surface area contributed by atoms with Crippen LogP contribution in [0.4, 0.5) is 0 Å². The largest absolute Gasteiger partial charge is 0.322 e. The SMILES string of the molecule is CC(c1nc2cc(Cl)ccc2n1Cc1ccccc1)N1CCCC1. The van der Waals surface area contributed by atoms with E-state index in [2.05, 4.69) is 52.8 Å². The Bertz CT molecular complexity index is 835. The third-order valence-electron chi connectivity index (χ3n) is 4.99. The van der Waals surface area contributed by atoms with Crippen LogP contribution in [-0.2, 0) is 6.54 Å². The van der Waals surface area contributed by atoms with Crippen molar-refractivity contribution in [2.45, 2.75) is 32.4 Å². The van der Waals surface area contributed by atoms with Gasteiger partial charge in [-0.1, -0.05) is 41.9 Å². The van der Waals surface area contributed by atoms with E-state index in [4.69, 9.17) is 16.6 Å². The van der Waals surface area contributed by atoms with Crippen molar-refractivity contribution < 1.29 is 0 Å². The Hall–Kier alpha value is -1.84. The highest BCUT2D eigenvalue weighted by Gasteiger charge is 2.24. The van der Waals surface area contributed by atoms with Crippen molar-refractivity contribution in [3.63, 3.8) is 0 Å². The van der Waals surface area contributed by atoms with Crippen LogP contribution >= 0.6 is 11.6 Å². The van der Waals surface area contributed by atoms with Gasteiger partial charge in [0.2, 0.25) is 0 Å². The fourth-order valence-electron chi connectivity index (χ4n) is 3.66. The molecule has 1 unspecified atom stereocenters. The first kappa shape index (κ1) is 15.7. The van der Waals surface area contributed by atoms with Gasteiger partial charge < -0.3 is 4.57 Å². The number of rotatable bonds is 4. The minimum absolute atomic E-state index is 0.322. The van der Waals surface area contributed by atoms with Crippen LogP contribution in [0, 0.1) is 0 Å². The predicted molar refractivity (Wildman–Crippen MR) is 99.5 cm³/mol. The summed E-state index contributed by atoms with van der Waals surface area (Å²) in [7, 11) is 0. The number of fused-ring (bicyclic) bond motifs is 1. The van der Waals surface area contributed by atoms with E-state index < -0.39 is 0 Å². The maximum atomic E-state index is 6.19. The number of imidazole rings is 1. The van der Waals surface area contributed by atoms with Crippen LogP contribution in [0.3, 0.4) is 0 Å². The van der Waals surface area contributed by atoms with Gasteiger partial charge in [0.25, 0.3) is 0 Å². The zero-order valence-corrected chi connectivity index (χ0v) is 14.7. The van der Waals surface area contributed by atoms with Crippen molar-refractivity contribution in [2.24, 2.45) is 0 Å². The van der Waals surface area contributed by atoms with Gasteiger partial charge in [0.1, 0.15) is 5.82 Å². The standard InChI is InChI=1S/C20H22ClN3/c1-15(23-11-5-6-12-23)20-22-18-13-17(21)9-10-19(18)24(20)14-16-7-3-2-4-8-16/h2-4,7-10,13,15H,5-6,11-12,14H2,1H3. The summed E-state index contributed by atoms with van der Waals surface area (Å²) in [6, 6.07) is 16.9. The molecule has 2 aromatic carbocycles. The smallest absolute Gasteiger partial charge is 0.127 e. The second kappa shape index (κ2) is 6.58. The van der Waals surface area contributed by atoms with Crippen LogP contribution < -0.4 is 0 Å². The second-order valence-corrected chi connectivity index (χ2v) is 7.03. The molecular formula is C20H22ClN3. The monoisotopic (exact) mass is 339 g/mol. The van der Waals surface area contributed by atoms with Crippen LogP contribution in [0.5, 0.6) is 0 Å². The molecule has 2 heterocycles. The molecule has 1 fully saturated rings. The summed E-state index contributed by atoms with van der Waals surface area (Å²) in [5.41, 5.74) is 3.44. The lowest BCUT2D eigenvalue weighted by atomic mass is 10.2. The van der Waals surface area contributed by atoms with Crippen LogP contribution in [0.2, 0.25) is 5.02 Å². The Morgan fingerprint density at radius 1 is 1.08 bits per heavy atom. The first-order valence-corrected chi connectivity index (χ1v) is 9.04. The maximum absolute atomic E-state index is 6.19. The molecular weight excluding hydrogens is 318 g/mol. The van der Waals surface area contributed by atoms with E-state index in [1.54, 1.807) is 0 Å². The highest BCUT2D eigenvalue weighted by atomic mass is 35.5. The molecule has 0 radical (unpaired) electrons. The van der Waals surface area contributed by atoms with Gasteiger partial charge in [-0.05, 0) is 56.6 Å². The molecule has 1 atom stereocenters. The summed E-state index contributed by atoms with van der Waals surface area (Å²) < 4.78 is 2.35. The molecule has 0 spiro atoms. The number of aromatic nitrogens is 2. The normalized spacial score (nSPS) is 16.8. The van der Waals surface area contributed by atoms with Crippen molar-refractivity contribution in [3.05, 3.63) is 64.9 Å². The van der Waals surface area contributed by atoms with E-state index in [-0.39, 0.29) is 0 Å². The molecule has 0 N–H and O–H groups in total. The topological polar surface area (TPSA) is 21.1 Å². The molecule has 0 saturated carbocycles. The summed E-state index contributed by atoms with van der Waals surface area (Å²) in [5, 5.41) is 0.743. The highest BCUT2D eigenvalue weighted by Crippen LogP contribution is 2.29. The number of likely N-dealkylation sites (tertiary alicyclic amines) is 1.